The molecule has 0 saturated carbocycles. The van der Waals surface area contributed by atoms with Crippen molar-refractivity contribution in [2.45, 2.75) is 39.3 Å². The summed E-state index contributed by atoms with van der Waals surface area (Å²) in [5.74, 6) is 1.47. The van der Waals surface area contributed by atoms with Crippen LogP contribution in [0, 0.1) is 5.92 Å². The maximum Gasteiger partial charge on any atom is 0.138 e. The van der Waals surface area contributed by atoms with Gasteiger partial charge in [0, 0.05) is 23.0 Å². The SMILES string of the molecule is CC(C)Cn1ncnc1CC(C)(N)c1ccc(Br)cc1. The fourth-order valence-corrected chi connectivity index (χ4v) is 2.45. The summed E-state index contributed by atoms with van der Waals surface area (Å²) in [4.78, 5) is 4.36. The first-order valence-corrected chi connectivity index (χ1v) is 7.59. The van der Waals surface area contributed by atoms with Gasteiger partial charge in [0.05, 0.1) is 0 Å². The molecular formula is C15H21BrN4. The Morgan fingerprint density at radius 3 is 2.55 bits per heavy atom. The number of halogens is 1. The number of hydrogen-bond donors (Lipinski definition) is 1. The monoisotopic (exact) mass is 336 g/mol. The first kappa shape index (κ1) is 15.2. The maximum atomic E-state index is 6.48. The summed E-state index contributed by atoms with van der Waals surface area (Å²) in [7, 11) is 0. The van der Waals surface area contributed by atoms with Crippen molar-refractivity contribution in [3.8, 4) is 0 Å². The molecule has 4 nitrogen and oxygen atoms in total. The third-order valence-corrected chi connectivity index (χ3v) is 3.79. The molecule has 0 bridgehead atoms. The van der Waals surface area contributed by atoms with Gasteiger partial charge in [0.1, 0.15) is 12.2 Å². The van der Waals surface area contributed by atoms with Crippen LogP contribution in [0.5, 0.6) is 0 Å². The minimum absolute atomic E-state index is 0.456. The highest BCUT2D eigenvalue weighted by Gasteiger charge is 2.24. The van der Waals surface area contributed by atoms with E-state index in [1.807, 2.05) is 35.9 Å². The normalized spacial score (nSPS) is 14.5. The zero-order valence-corrected chi connectivity index (χ0v) is 13.8. The van der Waals surface area contributed by atoms with Crippen molar-refractivity contribution in [2.75, 3.05) is 0 Å². The Morgan fingerprint density at radius 2 is 1.95 bits per heavy atom. The summed E-state index contributed by atoms with van der Waals surface area (Å²) < 4.78 is 3.01. The van der Waals surface area contributed by atoms with Crippen LogP contribution < -0.4 is 5.73 Å². The zero-order valence-electron chi connectivity index (χ0n) is 12.2. The molecule has 20 heavy (non-hydrogen) atoms. The number of hydrogen-bond acceptors (Lipinski definition) is 3. The number of benzene rings is 1. The maximum absolute atomic E-state index is 6.48. The van der Waals surface area contributed by atoms with E-state index >= 15 is 0 Å². The van der Waals surface area contributed by atoms with E-state index in [1.165, 1.54) is 0 Å². The highest BCUT2D eigenvalue weighted by Crippen LogP contribution is 2.23. The van der Waals surface area contributed by atoms with Crippen LogP contribution in [0.4, 0.5) is 0 Å². The van der Waals surface area contributed by atoms with Crippen molar-refractivity contribution in [1.82, 2.24) is 14.8 Å². The molecule has 1 heterocycles. The fraction of sp³-hybridized carbons (Fsp3) is 0.467. The molecule has 0 amide bonds. The highest BCUT2D eigenvalue weighted by atomic mass is 79.9. The first-order valence-electron chi connectivity index (χ1n) is 6.80. The van der Waals surface area contributed by atoms with E-state index in [4.69, 9.17) is 5.73 Å². The van der Waals surface area contributed by atoms with Crippen LogP contribution in [0.3, 0.4) is 0 Å². The van der Waals surface area contributed by atoms with Crippen LogP contribution in [0.1, 0.15) is 32.2 Å². The van der Waals surface area contributed by atoms with Gasteiger partial charge in [-0.25, -0.2) is 9.67 Å². The van der Waals surface area contributed by atoms with Crippen molar-refractivity contribution < 1.29 is 0 Å². The van der Waals surface area contributed by atoms with E-state index < -0.39 is 5.54 Å². The van der Waals surface area contributed by atoms with Crippen molar-refractivity contribution in [1.29, 1.82) is 0 Å². The fourth-order valence-electron chi connectivity index (χ4n) is 2.18. The van der Waals surface area contributed by atoms with E-state index in [2.05, 4.69) is 39.9 Å². The van der Waals surface area contributed by atoms with Crippen LogP contribution in [-0.2, 0) is 18.5 Å². The van der Waals surface area contributed by atoms with Crippen LogP contribution >= 0.6 is 15.9 Å². The van der Waals surface area contributed by atoms with Gasteiger partial charge in [0.15, 0.2) is 0 Å². The molecule has 1 aromatic heterocycles. The van der Waals surface area contributed by atoms with Gasteiger partial charge in [0.25, 0.3) is 0 Å². The second-order valence-corrected chi connectivity index (χ2v) is 6.77. The van der Waals surface area contributed by atoms with E-state index in [9.17, 15) is 0 Å². The minimum Gasteiger partial charge on any atom is -0.321 e. The van der Waals surface area contributed by atoms with E-state index in [-0.39, 0.29) is 0 Å². The molecule has 5 heteroatoms. The molecule has 0 radical (unpaired) electrons. The summed E-state index contributed by atoms with van der Waals surface area (Å²) in [5, 5.41) is 4.29. The highest BCUT2D eigenvalue weighted by molar-refractivity contribution is 9.10. The third-order valence-electron chi connectivity index (χ3n) is 3.26. The minimum atomic E-state index is -0.456. The summed E-state index contributed by atoms with van der Waals surface area (Å²) in [6.45, 7) is 7.24. The van der Waals surface area contributed by atoms with Crippen molar-refractivity contribution >= 4 is 15.9 Å². The van der Waals surface area contributed by atoms with Gasteiger partial charge in [0.2, 0.25) is 0 Å². The molecule has 0 saturated heterocycles. The molecule has 2 aromatic rings. The second kappa shape index (κ2) is 6.06. The molecule has 0 aliphatic carbocycles. The van der Waals surface area contributed by atoms with Crippen LogP contribution in [0.2, 0.25) is 0 Å². The predicted octanol–water partition coefficient (Wildman–Crippen LogP) is 3.11. The quantitative estimate of drug-likeness (QED) is 0.912. The number of nitrogens with zero attached hydrogens (tertiary/aromatic N) is 3. The smallest absolute Gasteiger partial charge is 0.138 e. The molecule has 0 fully saturated rings. The molecule has 1 unspecified atom stereocenters. The Bertz CT molecular complexity index is 558. The average Bonchev–Trinajstić information content (AvgIpc) is 2.75. The van der Waals surface area contributed by atoms with Crippen LogP contribution in [0.25, 0.3) is 0 Å². The van der Waals surface area contributed by atoms with Gasteiger partial charge in [-0.1, -0.05) is 41.9 Å². The Morgan fingerprint density at radius 1 is 1.30 bits per heavy atom. The van der Waals surface area contributed by atoms with E-state index in [0.717, 1.165) is 22.4 Å². The summed E-state index contributed by atoms with van der Waals surface area (Å²) in [6.07, 6.45) is 2.27. The number of aromatic nitrogens is 3. The van der Waals surface area contributed by atoms with Gasteiger partial charge in [-0.15, -0.1) is 0 Å². The average molecular weight is 337 g/mol. The topological polar surface area (TPSA) is 56.7 Å². The lowest BCUT2D eigenvalue weighted by Gasteiger charge is -2.25. The predicted molar refractivity (Wildman–Crippen MR) is 84.2 cm³/mol. The lowest BCUT2D eigenvalue weighted by molar-refractivity contribution is 0.422. The molecule has 1 aromatic carbocycles. The summed E-state index contributed by atoms with van der Waals surface area (Å²) in [5.41, 5.74) is 7.12. The standard InChI is InChI=1S/C15H21BrN4/c1-11(2)9-20-14(18-10-19-20)8-15(3,17)12-4-6-13(16)7-5-12/h4-7,10-11H,8-9,17H2,1-3H3. The molecule has 0 spiro atoms. The van der Waals surface area contributed by atoms with Crippen LogP contribution in [-0.4, -0.2) is 14.8 Å². The van der Waals surface area contributed by atoms with Crippen molar-refractivity contribution in [3.63, 3.8) is 0 Å². The zero-order chi connectivity index (χ0) is 14.8. The molecular weight excluding hydrogens is 316 g/mol. The molecule has 2 rings (SSSR count). The molecule has 0 aliphatic rings. The van der Waals surface area contributed by atoms with E-state index in [0.29, 0.717) is 12.3 Å². The Kier molecular flexibility index (Phi) is 4.60. The van der Waals surface area contributed by atoms with Crippen LogP contribution in [0.15, 0.2) is 35.1 Å². The molecule has 2 N–H and O–H groups in total. The summed E-state index contributed by atoms with van der Waals surface area (Å²) in [6, 6.07) is 8.12. The number of rotatable bonds is 5. The van der Waals surface area contributed by atoms with Gasteiger partial charge < -0.3 is 5.73 Å². The Balaban J connectivity index is 2.19. The Labute approximate surface area is 128 Å². The Hall–Kier alpha value is -1.20. The second-order valence-electron chi connectivity index (χ2n) is 5.85. The molecule has 1 atom stereocenters. The summed E-state index contributed by atoms with van der Waals surface area (Å²) >= 11 is 3.44. The molecule has 108 valence electrons. The molecule has 0 aliphatic heterocycles. The van der Waals surface area contributed by atoms with Gasteiger partial charge in [-0.3, -0.25) is 0 Å². The van der Waals surface area contributed by atoms with Crippen molar-refractivity contribution in [2.24, 2.45) is 11.7 Å². The van der Waals surface area contributed by atoms with Crippen molar-refractivity contribution in [3.05, 3.63) is 46.5 Å². The largest absolute Gasteiger partial charge is 0.321 e. The third kappa shape index (κ3) is 3.67. The van der Waals surface area contributed by atoms with Gasteiger partial charge >= 0.3 is 0 Å². The van der Waals surface area contributed by atoms with E-state index in [1.54, 1.807) is 6.33 Å². The first-order chi connectivity index (χ1) is 9.38. The van der Waals surface area contributed by atoms with Gasteiger partial charge in [-0.2, -0.15) is 5.10 Å². The number of nitrogens with two attached hydrogens (primary N) is 1. The lowest BCUT2D eigenvalue weighted by atomic mass is 9.89. The lowest BCUT2D eigenvalue weighted by Crippen LogP contribution is -2.36. The van der Waals surface area contributed by atoms with Gasteiger partial charge in [-0.05, 0) is 30.5 Å².